The highest BCUT2D eigenvalue weighted by molar-refractivity contribution is 6.53. The molecular formula is C25H21N5O5. The third-order valence-corrected chi connectivity index (χ3v) is 5.33. The fourth-order valence-corrected chi connectivity index (χ4v) is 3.64. The Labute approximate surface area is 200 Å². The van der Waals surface area contributed by atoms with Crippen LogP contribution in [0.5, 0.6) is 0 Å². The number of rotatable bonds is 5. The van der Waals surface area contributed by atoms with Crippen LogP contribution in [0.2, 0.25) is 0 Å². The Morgan fingerprint density at radius 1 is 1.09 bits per heavy atom. The molecule has 0 saturated carbocycles. The molecule has 0 bridgehead atoms. The molecule has 35 heavy (non-hydrogen) atoms. The van der Waals surface area contributed by atoms with E-state index in [1.165, 1.54) is 0 Å². The number of anilines is 1. The number of carbonyl (C=O) groups is 2. The molecule has 1 fully saturated rings. The number of furan rings is 1. The average Bonchev–Trinajstić information content (AvgIpc) is 3.55. The van der Waals surface area contributed by atoms with Gasteiger partial charge in [-0.05, 0) is 37.3 Å². The van der Waals surface area contributed by atoms with Crippen molar-refractivity contribution in [3.63, 3.8) is 0 Å². The van der Waals surface area contributed by atoms with E-state index < -0.39 is 6.23 Å². The minimum absolute atomic E-state index is 0.188. The number of benzene rings is 2. The molecule has 3 aromatic rings. The van der Waals surface area contributed by atoms with Crippen LogP contribution in [0.15, 0.2) is 81.0 Å². The summed E-state index contributed by atoms with van der Waals surface area (Å²) in [6.45, 7) is 2.07. The van der Waals surface area contributed by atoms with Crippen LogP contribution >= 0.6 is 0 Å². The number of aliphatic hydroxyl groups excluding tert-OH is 1. The van der Waals surface area contributed by atoms with Crippen molar-refractivity contribution in [1.29, 1.82) is 0 Å². The molecule has 5 rings (SSSR count). The Bertz CT molecular complexity index is 1390. The number of fused-ring (bicyclic) bond motifs is 1. The Balaban J connectivity index is 1.30. The quantitative estimate of drug-likeness (QED) is 0.332. The first-order valence-corrected chi connectivity index (χ1v) is 10.9. The maximum atomic E-state index is 12.2. The summed E-state index contributed by atoms with van der Waals surface area (Å²) in [6, 6.07) is 17.6. The fraction of sp³-hybridized carbons (Fsp3) is 0.120. The van der Waals surface area contributed by atoms with Crippen LogP contribution in [0, 0.1) is 0 Å². The Morgan fingerprint density at radius 2 is 1.89 bits per heavy atom. The van der Waals surface area contributed by atoms with Crippen molar-refractivity contribution in [2.24, 2.45) is 10.2 Å². The lowest BCUT2D eigenvalue weighted by atomic mass is 10.1. The first-order chi connectivity index (χ1) is 17.0. The summed E-state index contributed by atoms with van der Waals surface area (Å²) >= 11 is 0. The van der Waals surface area contributed by atoms with Crippen LogP contribution in [0.1, 0.15) is 28.6 Å². The number of aliphatic hydroxyl groups is 1. The van der Waals surface area contributed by atoms with Crippen LogP contribution in [-0.2, 0) is 9.53 Å². The van der Waals surface area contributed by atoms with Gasteiger partial charge in [-0.25, -0.2) is 4.79 Å². The summed E-state index contributed by atoms with van der Waals surface area (Å²) in [5.74, 6) is 0.560. The molecule has 2 aliphatic heterocycles. The molecule has 1 aromatic heterocycles. The van der Waals surface area contributed by atoms with Gasteiger partial charge in [-0.2, -0.15) is 0 Å². The van der Waals surface area contributed by atoms with E-state index in [1.54, 1.807) is 61.5 Å². The van der Waals surface area contributed by atoms with E-state index >= 15 is 0 Å². The normalized spacial score (nSPS) is 20.0. The Morgan fingerprint density at radius 3 is 2.69 bits per heavy atom. The molecule has 2 aromatic carbocycles. The zero-order valence-electron chi connectivity index (χ0n) is 18.6. The fourth-order valence-electron chi connectivity index (χ4n) is 3.64. The molecule has 1 amide bonds. The highest BCUT2D eigenvalue weighted by Gasteiger charge is 2.27. The second kappa shape index (κ2) is 9.27. The van der Waals surface area contributed by atoms with Crippen molar-refractivity contribution in [1.82, 2.24) is 10.6 Å². The van der Waals surface area contributed by atoms with Crippen molar-refractivity contribution in [2.75, 3.05) is 11.9 Å². The van der Waals surface area contributed by atoms with E-state index in [4.69, 9.17) is 9.15 Å². The molecule has 4 N–H and O–H groups in total. The van der Waals surface area contributed by atoms with Gasteiger partial charge in [0.15, 0.2) is 11.9 Å². The van der Waals surface area contributed by atoms with Crippen molar-refractivity contribution in [2.45, 2.75) is 13.2 Å². The van der Waals surface area contributed by atoms with Crippen molar-refractivity contribution in [3.8, 4) is 11.3 Å². The number of esters is 1. The first kappa shape index (κ1) is 22.1. The number of hydrogen-bond acceptors (Lipinski definition) is 7. The van der Waals surface area contributed by atoms with E-state index in [2.05, 4.69) is 26.2 Å². The van der Waals surface area contributed by atoms with Gasteiger partial charge in [0, 0.05) is 17.2 Å². The summed E-state index contributed by atoms with van der Waals surface area (Å²) in [5.41, 5.74) is 3.17. The molecule has 10 nitrogen and oxygen atoms in total. The van der Waals surface area contributed by atoms with E-state index in [0.717, 1.165) is 5.56 Å². The highest BCUT2D eigenvalue weighted by atomic mass is 16.5. The van der Waals surface area contributed by atoms with E-state index in [1.807, 2.05) is 12.1 Å². The highest BCUT2D eigenvalue weighted by Crippen LogP contribution is 2.25. The van der Waals surface area contributed by atoms with Crippen molar-refractivity contribution >= 4 is 35.3 Å². The van der Waals surface area contributed by atoms with E-state index in [-0.39, 0.29) is 23.5 Å². The third kappa shape index (κ3) is 4.55. The van der Waals surface area contributed by atoms with Gasteiger partial charge in [0.2, 0.25) is 5.96 Å². The number of carbonyl (C=O) groups excluding carboxylic acids is 2. The van der Waals surface area contributed by atoms with Gasteiger partial charge in [-0.15, -0.1) is 10.2 Å². The number of ether oxygens (including phenoxy) is 1. The smallest absolute Gasteiger partial charge is 0.338 e. The van der Waals surface area contributed by atoms with E-state index in [0.29, 0.717) is 40.6 Å². The van der Waals surface area contributed by atoms with Crippen LogP contribution < -0.4 is 16.0 Å². The number of nitrogens with one attached hydrogen (secondary N) is 3. The molecule has 1 saturated heterocycles. The molecular weight excluding hydrogens is 450 g/mol. The molecule has 0 radical (unpaired) electrons. The SMILES string of the molecule is CCOC(=O)c1ccc(-c2ccc(/C=C3\N/C(=N\N=C4/C(=O)Nc5ccccc54)NC3O)o2)cc1. The molecule has 0 aliphatic carbocycles. The molecule has 0 spiro atoms. The lowest BCUT2D eigenvalue weighted by molar-refractivity contribution is -0.110. The van der Waals surface area contributed by atoms with Crippen LogP contribution in [0.4, 0.5) is 5.69 Å². The van der Waals surface area contributed by atoms with Crippen LogP contribution in [-0.4, -0.2) is 41.5 Å². The van der Waals surface area contributed by atoms with E-state index in [9.17, 15) is 14.7 Å². The summed E-state index contributed by atoms with van der Waals surface area (Å²) in [6.07, 6.45) is 0.567. The molecule has 1 unspecified atom stereocenters. The first-order valence-electron chi connectivity index (χ1n) is 10.9. The zero-order chi connectivity index (χ0) is 24.4. The zero-order valence-corrected chi connectivity index (χ0v) is 18.6. The van der Waals surface area contributed by atoms with Crippen molar-refractivity contribution in [3.05, 3.63) is 83.2 Å². The van der Waals surface area contributed by atoms with Gasteiger partial charge in [0.05, 0.1) is 23.6 Å². The average molecular weight is 471 g/mol. The van der Waals surface area contributed by atoms with Gasteiger partial charge in [0.25, 0.3) is 5.91 Å². The predicted molar refractivity (Wildman–Crippen MR) is 129 cm³/mol. The summed E-state index contributed by atoms with van der Waals surface area (Å²) < 4.78 is 10.9. The Kier molecular flexibility index (Phi) is 5.86. The lowest BCUT2D eigenvalue weighted by Crippen LogP contribution is -2.27. The van der Waals surface area contributed by atoms with Crippen LogP contribution in [0.25, 0.3) is 17.4 Å². The monoisotopic (exact) mass is 471 g/mol. The second-order valence-corrected chi connectivity index (χ2v) is 7.67. The summed E-state index contributed by atoms with van der Waals surface area (Å²) in [5, 5.41) is 26.8. The summed E-state index contributed by atoms with van der Waals surface area (Å²) in [7, 11) is 0. The molecule has 3 heterocycles. The van der Waals surface area contributed by atoms with Gasteiger partial charge < -0.3 is 30.2 Å². The van der Waals surface area contributed by atoms with Gasteiger partial charge in [-0.3, -0.25) is 4.79 Å². The second-order valence-electron chi connectivity index (χ2n) is 7.67. The van der Waals surface area contributed by atoms with Gasteiger partial charge in [-0.1, -0.05) is 30.3 Å². The topological polar surface area (TPSA) is 138 Å². The minimum atomic E-state index is -1.06. The van der Waals surface area contributed by atoms with Crippen molar-refractivity contribution < 1.29 is 23.8 Å². The summed E-state index contributed by atoms with van der Waals surface area (Å²) in [4.78, 5) is 24.0. The number of guanidine groups is 1. The predicted octanol–water partition coefficient (Wildman–Crippen LogP) is 2.69. The largest absolute Gasteiger partial charge is 0.462 e. The number of nitrogens with zero attached hydrogens (tertiary/aromatic N) is 2. The molecule has 1 atom stereocenters. The number of amides is 1. The Hall–Kier alpha value is -4.70. The number of para-hydroxylation sites is 1. The number of hydrogen-bond donors (Lipinski definition) is 4. The molecule has 10 heteroatoms. The van der Waals surface area contributed by atoms with Crippen LogP contribution in [0.3, 0.4) is 0 Å². The lowest BCUT2D eigenvalue weighted by Gasteiger charge is -2.03. The molecule has 2 aliphatic rings. The minimum Gasteiger partial charge on any atom is -0.462 e. The standard InChI is InChI=1S/C25H21N5O5/c1-2-34-24(33)15-9-7-14(8-10-15)20-12-11-16(35-20)13-19-22(31)28-25(27-19)30-29-21-17-5-3-4-6-18(17)26-23(21)32/h3-13,22,31H,2H2,1H3,(H,26,29,32)(H2,27,28,30)/b19-13-. The molecule has 176 valence electrons. The maximum absolute atomic E-state index is 12.2. The van der Waals surface area contributed by atoms with Gasteiger partial charge in [0.1, 0.15) is 11.5 Å². The third-order valence-electron chi connectivity index (χ3n) is 5.33. The van der Waals surface area contributed by atoms with Gasteiger partial charge >= 0.3 is 5.97 Å². The maximum Gasteiger partial charge on any atom is 0.338 e.